The number of nitrogens with one attached hydrogen (secondary N) is 1. The number of dihydropyridines is 1. The molecule has 0 saturated carbocycles. The second kappa shape index (κ2) is 12.0. The van der Waals surface area contributed by atoms with Crippen LogP contribution in [0.2, 0.25) is 5.02 Å². The molecule has 0 aromatic heterocycles. The lowest BCUT2D eigenvalue weighted by molar-refractivity contribution is -0.144. The van der Waals surface area contributed by atoms with Crippen molar-refractivity contribution in [3.05, 3.63) is 56.6 Å². The SMILES string of the molecule is COC(=O)C1=C(CF)NC(CC(N)CCN)=C(C(=O)OC(C)C)C1c1c(F)ccc(Cl)c1C(F)(F)F. The first-order valence-corrected chi connectivity index (χ1v) is 11.2. The number of methoxy groups -OCH3 is 1. The van der Waals surface area contributed by atoms with Crippen LogP contribution in [0.5, 0.6) is 0 Å². The van der Waals surface area contributed by atoms with E-state index >= 15 is 4.39 Å². The molecule has 0 aliphatic carbocycles. The molecule has 0 bridgehead atoms. The number of rotatable bonds is 9. The van der Waals surface area contributed by atoms with Gasteiger partial charge in [-0.05, 0) is 38.9 Å². The Balaban J connectivity index is 3.04. The molecule has 200 valence electrons. The molecule has 0 saturated heterocycles. The van der Waals surface area contributed by atoms with Gasteiger partial charge in [0.15, 0.2) is 0 Å². The first-order valence-electron chi connectivity index (χ1n) is 10.9. The predicted octanol–water partition coefficient (Wildman–Crippen LogP) is 3.85. The number of esters is 2. The van der Waals surface area contributed by atoms with Crippen molar-refractivity contribution in [3.8, 4) is 0 Å². The summed E-state index contributed by atoms with van der Waals surface area (Å²) < 4.78 is 81.8. The molecule has 13 heteroatoms. The molecule has 0 spiro atoms. The third-order valence-corrected chi connectivity index (χ3v) is 5.66. The maximum atomic E-state index is 15.3. The van der Waals surface area contributed by atoms with E-state index in [1.165, 1.54) is 13.8 Å². The third-order valence-electron chi connectivity index (χ3n) is 5.35. The minimum absolute atomic E-state index is 0.139. The third kappa shape index (κ3) is 6.34. The van der Waals surface area contributed by atoms with Crippen LogP contribution in [-0.2, 0) is 25.2 Å². The van der Waals surface area contributed by atoms with Crippen molar-refractivity contribution in [2.24, 2.45) is 11.5 Å². The van der Waals surface area contributed by atoms with Crippen molar-refractivity contribution < 1.29 is 41.0 Å². The van der Waals surface area contributed by atoms with Crippen LogP contribution < -0.4 is 16.8 Å². The van der Waals surface area contributed by atoms with E-state index in [0.29, 0.717) is 12.1 Å². The van der Waals surface area contributed by atoms with Gasteiger partial charge >= 0.3 is 18.1 Å². The number of allylic oxidation sites excluding steroid dienone is 1. The number of alkyl halides is 4. The molecule has 1 aromatic rings. The highest BCUT2D eigenvalue weighted by molar-refractivity contribution is 6.31. The lowest BCUT2D eigenvalue weighted by atomic mass is 9.77. The Morgan fingerprint density at radius 2 is 1.78 bits per heavy atom. The maximum Gasteiger partial charge on any atom is 0.418 e. The van der Waals surface area contributed by atoms with Crippen LogP contribution >= 0.6 is 11.6 Å². The van der Waals surface area contributed by atoms with Crippen molar-refractivity contribution >= 4 is 23.5 Å². The molecule has 0 amide bonds. The molecule has 1 aromatic carbocycles. The molecular formula is C23H27ClF5N3O4. The van der Waals surface area contributed by atoms with Crippen LogP contribution in [0.3, 0.4) is 0 Å². The van der Waals surface area contributed by atoms with Gasteiger partial charge in [0.2, 0.25) is 0 Å². The van der Waals surface area contributed by atoms with Gasteiger partial charge in [-0.15, -0.1) is 0 Å². The molecule has 1 aliphatic heterocycles. The monoisotopic (exact) mass is 539 g/mol. The van der Waals surface area contributed by atoms with E-state index in [4.69, 9.17) is 27.8 Å². The highest BCUT2D eigenvalue weighted by Crippen LogP contribution is 2.48. The number of hydrogen-bond donors (Lipinski definition) is 3. The van der Waals surface area contributed by atoms with Crippen molar-refractivity contribution in [1.29, 1.82) is 0 Å². The second-order valence-electron chi connectivity index (χ2n) is 8.28. The summed E-state index contributed by atoms with van der Waals surface area (Å²) >= 11 is 5.84. The first-order chi connectivity index (χ1) is 16.8. The Hall–Kier alpha value is -2.70. The van der Waals surface area contributed by atoms with Gasteiger partial charge in [0.05, 0.1) is 46.6 Å². The van der Waals surface area contributed by atoms with Gasteiger partial charge in [-0.1, -0.05) is 11.6 Å². The number of benzene rings is 1. The van der Waals surface area contributed by atoms with Gasteiger partial charge in [0.1, 0.15) is 12.5 Å². The quantitative estimate of drug-likeness (QED) is 0.322. The number of halogens is 6. The summed E-state index contributed by atoms with van der Waals surface area (Å²) in [7, 11) is 0.906. The molecule has 2 rings (SSSR count). The van der Waals surface area contributed by atoms with Gasteiger partial charge in [0.25, 0.3) is 0 Å². The van der Waals surface area contributed by atoms with E-state index in [9.17, 15) is 27.2 Å². The molecule has 1 aliphatic rings. The Labute approximate surface area is 209 Å². The normalized spacial score (nSPS) is 17.3. The minimum Gasteiger partial charge on any atom is -0.466 e. The average Bonchev–Trinajstić information content (AvgIpc) is 2.77. The minimum atomic E-state index is -5.21. The largest absolute Gasteiger partial charge is 0.466 e. The Bertz CT molecular complexity index is 1070. The molecule has 0 radical (unpaired) electrons. The lowest BCUT2D eigenvalue weighted by Gasteiger charge is -2.34. The Kier molecular flexibility index (Phi) is 9.86. The Morgan fingerprint density at radius 1 is 1.17 bits per heavy atom. The fourth-order valence-electron chi connectivity index (χ4n) is 3.95. The van der Waals surface area contributed by atoms with Crippen LogP contribution in [0.25, 0.3) is 0 Å². The van der Waals surface area contributed by atoms with Gasteiger partial charge in [-0.2, -0.15) is 13.2 Å². The van der Waals surface area contributed by atoms with Crippen molar-refractivity contribution in [2.75, 3.05) is 20.3 Å². The summed E-state index contributed by atoms with van der Waals surface area (Å²) in [6.07, 6.45) is -5.92. The molecule has 2 unspecified atom stereocenters. The number of hydrogen-bond acceptors (Lipinski definition) is 7. The summed E-state index contributed by atoms with van der Waals surface area (Å²) in [5.74, 6) is -5.96. The maximum absolute atomic E-state index is 15.3. The summed E-state index contributed by atoms with van der Waals surface area (Å²) in [6, 6.07) is 0.631. The van der Waals surface area contributed by atoms with Crippen molar-refractivity contribution in [2.45, 2.75) is 50.9 Å². The van der Waals surface area contributed by atoms with Crippen molar-refractivity contribution in [1.82, 2.24) is 5.32 Å². The van der Waals surface area contributed by atoms with E-state index in [2.05, 4.69) is 10.1 Å². The van der Waals surface area contributed by atoms with Crippen LogP contribution in [0.15, 0.2) is 34.7 Å². The Morgan fingerprint density at radius 3 is 2.28 bits per heavy atom. The molecule has 2 atom stereocenters. The van der Waals surface area contributed by atoms with Crippen LogP contribution in [0.4, 0.5) is 22.0 Å². The standard InChI is InChI=1S/C23H27ClF5N3O4/c1-10(2)36-22(34)17-14(8-11(31)6-7-30)32-15(9-25)18(21(33)35-3)19(17)16-13(26)5-4-12(24)20(16)23(27,28)29/h4-5,10-11,19,32H,6-9,30-31H2,1-3H3. The predicted molar refractivity (Wildman–Crippen MR) is 122 cm³/mol. The zero-order valence-corrected chi connectivity index (χ0v) is 20.5. The first kappa shape index (κ1) is 29.5. The second-order valence-corrected chi connectivity index (χ2v) is 8.69. The van der Waals surface area contributed by atoms with E-state index in [0.717, 1.165) is 7.11 Å². The van der Waals surface area contributed by atoms with Gasteiger partial charge in [0, 0.05) is 23.7 Å². The average molecular weight is 540 g/mol. The molecular weight excluding hydrogens is 513 g/mol. The fraction of sp³-hybridized carbons (Fsp3) is 0.478. The number of nitrogens with two attached hydrogens (primary N) is 2. The molecule has 1 heterocycles. The summed E-state index contributed by atoms with van der Waals surface area (Å²) in [5, 5.41) is 1.69. The van der Waals surface area contributed by atoms with Crippen LogP contribution in [-0.4, -0.2) is 44.4 Å². The van der Waals surface area contributed by atoms with E-state index < -0.39 is 81.7 Å². The van der Waals surface area contributed by atoms with Crippen LogP contribution in [0.1, 0.15) is 43.7 Å². The molecule has 36 heavy (non-hydrogen) atoms. The van der Waals surface area contributed by atoms with E-state index in [1.807, 2.05) is 0 Å². The van der Waals surface area contributed by atoms with E-state index in [-0.39, 0.29) is 25.1 Å². The van der Waals surface area contributed by atoms with Crippen LogP contribution in [0, 0.1) is 5.82 Å². The summed E-state index contributed by atoms with van der Waals surface area (Å²) in [4.78, 5) is 26.0. The molecule has 0 fully saturated rings. The van der Waals surface area contributed by atoms with E-state index in [1.54, 1.807) is 0 Å². The zero-order chi connectivity index (χ0) is 27.4. The van der Waals surface area contributed by atoms with Gasteiger partial charge in [-0.25, -0.2) is 18.4 Å². The highest BCUT2D eigenvalue weighted by atomic mass is 35.5. The lowest BCUT2D eigenvalue weighted by Crippen LogP contribution is -2.38. The van der Waals surface area contributed by atoms with Crippen molar-refractivity contribution in [3.63, 3.8) is 0 Å². The number of carbonyl (C=O) groups is 2. The van der Waals surface area contributed by atoms with Gasteiger partial charge in [-0.3, -0.25) is 0 Å². The summed E-state index contributed by atoms with van der Waals surface area (Å²) in [5.41, 5.74) is 6.84. The summed E-state index contributed by atoms with van der Waals surface area (Å²) in [6.45, 7) is 1.72. The fourth-order valence-corrected chi connectivity index (χ4v) is 4.22. The molecule has 5 N–H and O–H groups in total. The number of carbonyl (C=O) groups excluding carboxylic acids is 2. The molecule has 7 nitrogen and oxygen atoms in total. The topological polar surface area (TPSA) is 117 Å². The zero-order valence-electron chi connectivity index (χ0n) is 19.8. The van der Waals surface area contributed by atoms with Gasteiger partial charge < -0.3 is 26.3 Å². The highest BCUT2D eigenvalue weighted by Gasteiger charge is 2.47. The number of ether oxygens (including phenoxy) is 2. The smallest absolute Gasteiger partial charge is 0.418 e.